The normalized spacial score (nSPS) is 11.6. The maximum absolute atomic E-state index is 13.4. The number of non-ortho nitro benzene ring substituents is 1. The SMILES string of the molecule is CCCCn1c(=O)c2cc3c(=O)c4ccc(-c5ccc([N+](=O)[O-])cc5)cc4c(=O)c3cc2c1=O. The Morgan fingerprint density at radius 1 is 0.706 bits per heavy atom. The summed E-state index contributed by atoms with van der Waals surface area (Å²) in [5.74, 6) is 0. The van der Waals surface area contributed by atoms with Crippen molar-refractivity contribution < 1.29 is 4.92 Å². The van der Waals surface area contributed by atoms with Crippen LogP contribution in [0, 0.1) is 10.1 Å². The van der Waals surface area contributed by atoms with Crippen LogP contribution in [0.4, 0.5) is 5.69 Å². The van der Waals surface area contributed by atoms with Gasteiger partial charge in [0.05, 0.1) is 15.7 Å². The molecule has 1 heterocycles. The van der Waals surface area contributed by atoms with Gasteiger partial charge in [0.1, 0.15) is 0 Å². The predicted molar refractivity (Wildman–Crippen MR) is 131 cm³/mol. The average Bonchev–Trinajstić information content (AvgIpc) is 3.08. The maximum Gasteiger partial charge on any atom is 0.269 e. The zero-order valence-electron chi connectivity index (χ0n) is 18.2. The lowest BCUT2D eigenvalue weighted by atomic mass is 9.96. The van der Waals surface area contributed by atoms with Crippen molar-refractivity contribution in [1.82, 2.24) is 4.57 Å². The van der Waals surface area contributed by atoms with Crippen molar-refractivity contribution in [2.45, 2.75) is 26.3 Å². The third-order valence-corrected chi connectivity index (χ3v) is 6.25. The third-order valence-electron chi connectivity index (χ3n) is 6.25. The highest BCUT2D eigenvalue weighted by Gasteiger charge is 2.18. The number of unbranched alkanes of at least 4 members (excludes halogenated alkanes) is 1. The van der Waals surface area contributed by atoms with E-state index in [2.05, 4.69) is 0 Å². The summed E-state index contributed by atoms with van der Waals surface area (Å²) in [6.45, 7) is 2.24. The van der Waals surface area contributed by atoms with E-state index < -0.39 is 26.9 Å². The van der Waals surface area contributed by atoms with Crippen LogP contribution in [0.15, 0.2) is 73.8 Å². The first-order valence-electron chi connectivity index (χ1n) is 10.8. The molecule has 0 bridgehead atoms. The molecule has 0 radical (unpaired) electrons. The van der Waals surface area contributed by atoms with Crippen molar-refractivity contribution in [2.75, 3.05) is 0 Å². The Kier molecular flexibility index (Phi) is 4.93. The van der Waals surface area contributed by atoms with Crippen LogP contribution in [0.25, 0.3) is 43.4 Å². The van der Waals surface area contributed by atoms with E-state index in [1.54, 1.807) is 30.3 Å². The molecular formula is C26H18N2O6. The molecule has 8 heteroatoms. The van der Waals surface area contributed by atoms with E-state index >= 15 is 0 Å². The van der Waals surface area contributed by atoms with E-state index in [-0.39, 0.29) is 44.5 Å². The number of hydrogen-bond donors (Lipinski definition) is 0. The fraction of sp³-hybridized carbons (Fsp3) is 0.154. The van der Waals surface area contributed by atoms with Crippen LogP contribution < -0.4 is 22.0 Å². The Labute approximate surface area is 191 Å². The number of nitro groups is 1. The number of fused-ring (bicyclic) bond motifs is 3. The Morgan fingerprint density at radius 2 is 1.24 bits per heavy atom. The van der Waals surface area contributed by atoms with Crippen molar-refractivity contribution in [3.63, 3.8) is 0 Å². The summed E-state index contributed by atoms with van der Waals surface area (Å²) < 4.78 is 1.16. The lowest BCUT2D eigenvalue weighted by molar-refractivity contribution is -0.384. The predicted octanol–water partition coefficient (Wildman–Crippen LogP) is 3.64. The van der Waals surface area contributed by atoms with Crippen LogP contribution in [-0.2, 0) is 6.54 Å². The molecule has 1 aromatic heterocycles. The summed E-state index contributed by atoms with van der Waals surface area (Å²) in [5.41, 5.74) is -0.490. The van der Waals surface area contributed by atoms with Crippen molar-refractivity contribution in [1.29, 1.82) is 0 Å². The Balaban J connectivity index is 1.77. The van der Waals surface area contributed by atoms with Crippen molar-refractivity contribution in [2.24, 2.45) is 0 Å². The summed E-state index contributed by atoms with van der Waals surface area (Å²) in [7, 11) is 0. The molecule has 34 heavy (non-hydrogen) atoms. The molecule has 8 nitrogen and oxygen atoms in total. The molecule has 0 saturated heterocycles. The molecular weight excluding hydrogens is 436 g/mol. The van der Waals surface area contributed by atoms with Crippen molar-refractivity contribution in [3.8, 4) is 11.1 Å². The van der Waals surface area contributed by atoms with Gasteiger partial charge in [-0.25, -0.2) is 0 Å². The minimum Gasteiger partial charge on any atom is -0.289 e. The van der Waals surface area contributed by atoms with Crippen molar-refractivity contribution in [3.05, 3.63) is 106 Å². The largest absolute Gasteiger partial charge is 0.289 e. The summed E-state index contributed by atoms with van der Waals surface area (Å²) in [6, 6.07) is 13.4. The smallest absolute Gasteiger partial charge is 0.269 e. The average molecular weight is 454 g/mol. The first kappa shape index (κ1) is 21.4. The van der Waals surface area contributed by atoms with Crippen LogP contribution in [0.3, 0.4) is 0 Å². The molecule has 0 atom stereocenters. The van der Waals surface area contributed by atoms with E-state index in [0.717, 1.165) is 11.0 Å². The van der Waals surface area contributed by atoms with E-state index in [4.69, 9.17) is 0 Å². The van der Waals surface area contributed by atoms with E-state index in [1.165, 1.54) is 24.3 Å². The van der Waals surface area contributed by atoms with Crippen LogP contribution in [0.2, 0.25) is 0 Å². The van der Waals surface area contributed by atoms with Crippen molar-refractivity contribution >= 4 is 38.0 Å². The molecule has 168 valence electrons. The Hall–Kier alpha value is -4.46. The first-order chi connectivity index (χ1) is 16.3. The standard InChI is InChI=1S/C26H18N2O6/c1-2-3-10-27-25(31)21-12-19-20(13-22(21)26(27)32)24(30)18-11-15(6-9-17(18)23(19)29)14-4-7-16(8-5-14)28(33)34/h4-9,11-13H,2-3,10H2,1H3. The molecule has 5 rings (SSSR count). The van der Waals surface area contributed by atoms with Crippen LogP contribution in [0.1, 0.15) is 19.8 Å². The third kappa shape index (κ3) is 3.14. The van der Waals surface area contributed by atoms with Gasteiger partial charge in [0.25, 0.3) is 16.8 Å². The minimum atomic E-state index is -0.496. The second kappa shape index (κ2) is 7.84. The number of aromatic nitrogens is 1. The molecule has 0 aliphatic carbocycles. The molecule has 0 aliphatic rings. The molecule has 4 aromatic carbocycles. The van der Waals surface area contributed by atoms with Gasteiger partial charge in [0, 0.05) is 40.2 Å². The monoisotopic (exact) mass is 454 g/mol. The summed E-state index contributed by atoms with van der Waals surface area (Å²) >= 11 is 0. The van der Waals surface area contributed by atoms with Gasteiger partial charge in [0.15, 0.2) is 10.9 Å². The lowest BCUT2D eigenvalue weighted by Crippen LogP contribution is -2.25. The number of rotatable bonds is 5. The zero-order valence-corrected chi connectivity index (χ0v) is 18.2. The highest BCUT2D eigenvalue weighted by Crippen LogP contribution is 2.26. The minimum absolute atomic E-state index is 0.0528. The zero-order chi connectivity index (χ0) is 24.1. The summed E-state index contributed by atoms with van der Waals surface area (Å²) in [4.78, 5) is 62.6. The molecule has 0 saturated carbocycles. The summed E-state index contributed by atoms with van der Waals surface area (Å²) in [5, 5.41) is 11.8. The van der Waals surface area contributed by atoms with Gasteiger partial charge < -0.3 is 0 Å². The molecule has 0 unspecified atom stereocenters. The van der Waals surface area contributed by atoms with Gasteiger partial charge in [0.2, 0.25) is 0 Å². The Bertz CT molecular complexity index is 1840. The molecule has 0 N–H and O–H groups in total. The fourth-order valence-electron chi connectivity index (χ4n) is 4.41. The molecule has 0 aliphatic heterocycles. The highest BCUT2D eigenvalue weighted by atomic mass is 16.6. The molecule has 0 spiro atoms. The van der Waals surface area contributed by atoms with E-state index in [9.17, 15) is 29.3 Å². The van der Waals surface area contributed by atoms with Gasteiger partial charge in [-0.15, -0.1) is 0 Å². The van der Waals surface area contributed by atoms with Crippen LogP contribution in [-0.4, -0.2) is 9.49 Å². The van der Waals surface area contributed by atoms with Gasteiger partial charge in [-0.3, -0.25) is 33.9 Å². The first-order valence-corrected chi connectivity index (χ1v) is 10.8. The Morgan fingerprint density at radius 3 is 1.79 bits per heavy atom. The van der Waals surface area contributed by atoms with Gasteiger partial charge in [-0.2, -0.15) is 0 Å². The van der Waals surface area contributed by atoms with Gasteiger partial charge in [-0.1, -0.05) is 19.4 Å². The number of nitrogens with zero attached hydrogens (tertiary/aromatic N) is 2. The number of hydrogen-bond acceptors (Lipinski definition) is 6. The van der Waals surface area contributed by atoms with E-state index in [0.29, 0.717) is 17.5 Å². The lowest BCUT2D eigenvalue weighted by Gasteiger charge is -2.05. The van der Waals surface area contributed by atoms with E-state index in [1.807, 2.05) is 6.92 Å². The van der Waals surface area contributed by atoms with Gasteiger partial charge in [-0.05, 0) is 53.9 Å². The topological polar surface area (TPSA) is 116 Å². The van der Waals surface area contributed by atoms with Gasteiger partial charge >= 0.3 is 0 Å². The second-order valence-corrected chi connectivity index (χ2v) is 8.28. The fourth-order valence-corrected chi connectivity index (χ4v) is 4.41. The second-order valence-electron chi connectivity index (χ2n) is 8.28. The molecule has 0 amide bonds. The summed E-state index contributed by atoms with van der Waals surface area (Å²) in [6.07, 6.45) is 1.48. The number of benzene rings is 4. The molecule has 0 fully saturated rings. The maximum atomic E-state index is 13.4. The molecule has 5 aromatic rings. The van der Waals surface area contributed by atoms with Crippen LogP contribution in [0.5, 0.6) is 0 Å². The highest BCUT2D eigenvalue weighted by molar-refractivity contribution is 6.05. The quantitative estimate of drug-likeness (QED) is 0.227. The number of nitro benzene ring substituents is 1. The van der Waals surface area contributed by atoms with Crippen LogP contribution >= 0.6 is 0 Å².